The summed E-state index contributed by atoms with van der Waals surface area (Å²) >= 11 is 0. The van der Waals surface area contributed by atoms with Gasteiger partial charge in [0.05, 0.1) is 12.8 Å². The van der Waals surface area contributed by atoms with Gasteiger partial charge in [0.1, 0.15) is 5.75 Å². The molecule has 3 nitrogen and oxygen atoms in total. The van der Waals surface area contributed by atoms with Crippen molar-refractivity contribution in [3.8, 4) is 5.75 Å². The molecule has 1 heterocycles. The van der Waals surface area contributed by atoms with Crippen LogP contribution in [0.2, 0.25) is 0 Å². The van der Waals surface area contributed by atoms with Gasteiger partial charge in [-0.1, -0.05) is 6.92 Å². The van der Waals surface area contributed by atoms with Crippen molar-refractivity contribution in [3.63, 3.8) is 0 Å². The minimum absolute atomic E-state index is 0.556. The highest BCUT2D eigenvalue weighted by Gasteiger charge is 2.27. The third kappa shape index (κ3) is 2.35. The van der Waals surface area contributed by atoms with Crippen LogP contribution in [0.25, 0.3) is 0 Å². The van der Waals surface area contributed by atoms with Crippen molar-refractivity contribution in [2.75, 3.05) is 13.7 Å². The zero-order chi connectivity index (χ0) is 11.4. The number of aromatic nitrogens is 1. The van der Waals surface area contributed by atoms with Crippen molar-refractivity contribution in [3.05, 3.63) is 24.0 Å². The van der Waals surface area contributed by atoms with Gasteiger partial charge in [0.15, 0.2) is 0 Å². The zero-order valence-corrected chi connectivity index (χ0v) is 10.1. The van der Waals surface area contributed by atoms with E-state index in [1.165, 1.54) is 19.3 Å². The Labute approximate surface area is 97.2 Å². The molecular weight excluding hydrogens is 200 g/mol. The molecule has 1 aromatic heterocycles. The third-order valence-electron chi connectivity index (χ3n) is 3.33. The van der Waals surface area contributed by atoms with Crippen molar-refractivity contribution < 1.29 is 4.74 Å². The summed E-state index contributed by atoms with van der Waals surface area (Å²) < 4.78 is 5.37. The van der Waals surface area contributed by atoms with E-state index in [-0.39, 0.29) is 0 Å². The van der Waals surface area contributed by atoms with Crippen LogP contribution in [0.5, 0.6) is 5.75 Å². The van der Waals surface area contributed by atoms with E-state index < -0.39 is 0 Å². The predicted octanol–water partition coefficient (Wildman–Crippen LogP) is 2.34. The predicted molar refractivity (Wildman–Crippen MR) is 64.8 cm³/mol. The van der Waals surface area contributed by atoms with Crippen molar-refractivity contribution in [2.24, 2.45) is 0 Å². The molecule has 2 unspecified atom stereocenters. The summed E-state index contributed by atoms with van der Waals surface area (Å²) in [4.78, 5) is 4.47. The first-order valence-corrected chi connectivity index (χ1v) is 6.07. The molecule has 3 heteroatoms. The number of nitrogens with zero attached hydrogens (tertiary/aromatic N) is 1. The molecule has 1 aliphatic rings. The first-order chi connectivity index (χ1) is 7.85. The molecule has 0 aromatic carbocycles. The summed E-state index contributed by atoms with van der Waals surface area (Å²) in [7, 11) is 1.72. The SMILES string of the molecule is CCNC1CCC(c2ncccc2OC)C1. The van der Waals surface area contributed by atoms with Crippen molar-refractivity contribution >= 4 is 0 Å². The Bertz CT molecular complexity index is 340. The lowest BCUT2D eigenvalue weighted by atomic mass is 10.0. The topological polar surface area (TPSA) is 34.2 Å². The lowest BCUT2D eigenvalue weighted by Crippen LogP contribution is -2.25. The van der Waals surface area contributed by atoms with Gasteiger partial charge < -0.3 is 10.1 Å². The van der Waals surface area contributed by atoms with Crippen LogP contribution in [-0.2, 0) is 0 Å². The smallest absolute Gasteiger partial charge is 0.140 e. The molecule has 0 bridgehead atoms. The highest BCUT2D eigenvalue weighted by atomic mass is 16.5. The molecule has 1 saturated carbocycles. The Morgan fingerprint density at radius 3 is 3.12 bits per heavy atom. The number of pyridine rings is 1. The number of nitrogens with one attached hydrogen (secondary N) is 1. The van der Waals surface area contributed by atoms with Gasteiger partial charge in [0.2, 0.25) is 0 Å². The normalized spacial score (nSPS) is 24.6. The molecular formula is C13H20N2O. The minimum Gasteiger partial charge on any atom is -0.495 e. The number of ether oxygens (including phenoxy) is 1. The molecule has 2 rings (SSSR count). The molecule has 0 radical (unpaired) electrons. The van der Waals surface area contributed by atoms with Gasteiger partial charge in [-0.25, -0.2) is 0 Å². The molecule has 1 aromatic rings. The monoisotopic (exact) mass is 220 g/mol. The molecule has 1 aliphatic carbocycles. The molecule has 88 valence electrons. The molecule has 16 heavy (non-hydrogen) atoms. The summed E-state index contributed by atoms with van der Waals surface area (Å²) in [6, 6.07) is 4.59. The van der Waals surface area contributed by atoms with Crippen LogP contribution in [0.4, 0.5) is 0 Å². The van der Waals surface area contributed by atoms with E-state index in [0.717, 1.165) is 18.0 Å². The molecule has 0 aliphatic heterocycles. The molecule has 0 amide bonds. The van der Waals surface area contributed by atoms with Gasteiger partial charge in [-0.05, 0) is 37.9 Å². The van der Waals surface area contributed by atoms with Crippen molar-refractivity contribution in [2.45, 2.75) is 38.1 Å². The van der Waals surface area contributed by atoms with E-state index in [1.54, 1.807) is 7.11 Å². The lowest BCUT2D eigenvalue weighted by Gasteiger charge is -2.14. The standard InChI is InChI=1S/C13H20N2O/c1-3-14-11-7-6-10(9-11)13-12(16-2)5-4-8-15-13/h4-5,8,10-11,14H,3,6-7,9H2,1-2H3. The van der Waals surface area contributed by atoms with E-state index in [2.05, 4.69) is 17.2 Å². The maximum atomic E-state index is 5.37. The van der Waals surface area contributed by atoms with E-state index in [4.69, 9.17) is 4.74 Å². The Balaban J connectivity index is 2.08. The average Bonchev–Trinajstić information content (AvgIpc) is 2.78. The largest absolute Gasteiger partial charge is 0.495 e. The second-order valence-corrected chi connectivity index (χ2v) is 4.36. The second kappa shape index (κ2) is 5.30. The quantitative estimate of drug-likeness (QED) is 0.845. The van der Waals surface area contributed by atoms with Crippen LogP contribution in [0.15, 0.2) is 18.3 Å². The van der Waals surface area contributed by atoms with Gasteiger partial charge in [0, 0.05) is 18.2 Å². The van der Waals surface area contributed by atoms with E-state index >= 15 is 0 Å². The molecule has 0 spiro atoms. The summed E-state index contributed by atoms with van der Waals surface area (Å²) in [6.07, 6.45) is 5.50. The zero-order valence-electron chi connectivity index (χ0n) is 10.1. The van der Waals surface area contributed by atoms with Crippen LogP contribution in [-0.4, -0.2) is 24.7 Å². The Morgan fingerprint density at radius 2 is 2.38 bits per heavy atom. The van der Waals surface area contributed by atoms with Crippen LogP contribution >= 0.6 is 0 Å². The highest BCUT2D eigenvalue weighted by molar-refractivity contribution is 5.30. The first-order valence-electron chi connectivity index (χ1n) is 6.07. The number of methoxy groups -OCH3 is 1. The van der Waals surface area contributed by atoms with Gasteiger partial charge in [0.25, 0.3) is 0 Å². The minimum atomic E-state index is 0.556. The van der Waals surface area contributed by atoms with Crippen LogP contribution < -0.4 is 10.1 Å². The summed E-state index contributed by atoms with van der Waals surface area (Å²) in [5, 5.41) is 3.51. The fourth-order valence-corrected chi connectivity index (χ4v) is 2.59. The average molecular weight is 220 g/mol. The van der Waals surface area contributed by atoms with Gasteiger partial charge in [-0.2, -0.15) is 0 Å². The van der Waals surface area contributed by atoms with Crippen molar-refractivity contribution in [1.82, 2.24) is 10.3 Å². The summed E-state index contributed by atoms with van der Waals surface area (Å²) in [5.41, 5.74) is 1.13. The number of rotatable bonds is 4. The summed E-state index contributed by atoms with van der Waals surface area (Å²) in [6.45, 7) is 3.21. The molecule has 2 atom stereocenters. The Morgan fingerprint density at radius 1 is 1.50 bits per heavy atom. The fraction of sp³-hybridized carbons (Fsp3) is 0.615. The first kappa shape index (κ1) is 11.4. The highest BCUT2D eigenvalue weighted by Crippen LogP contribution is 2.37. The van der Waals surface area contributed by atoms with Gasteiger partial charge >= 0.3 is 0 Å². The Kier molecular flexibility index (Phi) is 3.78. The summed E-state index contributed by atoms with van der Waals surface area (Å²) in [5.74, 6) is 1.49. The fourth-order valence-electron chi connectivity index (χ4n) is 2.59. The van der Waals surface area contributed by atoms with Crippen LogP contribution in [0, 0.1) is 0 Å². The molecule has 1 N–H and O–H groups in total. The van der Waals surface area contributed by atoms with Crippen molar-refractivity contribution in [1.29, 1.82) is 0 Å². The van der Waals surface area contributed by atoms with E-state index in [1.807, 2.05) is 18.3 Å². The van der Waals surface area contributed by atoms with Crippen LogP contribution in [0.1, 0.15) is 37.8 Å². The van der Waals surface area contributed by atoms with Crippen LogP contribution in [0.3, 0.4) is 0 Å². The second-order valence-electron chi connectivity index (χ2n) is 4.36. The van der Waals surface area contributed by atoms with E-state index in [0.29, 0.717) is 12.0 Å². The Hall–Kier alpha value is -1.09. The maximum Gasteiger partial charge on any atom is 0.140 e. The van der Waals surface area contributed by atoms with Gasteiger partial charge in [-0.3, -0.25) is 4.98 Å². The third-order valence-corrected chi connectivity index (χ3v) is 3.33. The number of hydrogen-bond donors (Lipinski definition) is 1. The molecule has 1 fully saturated rings. The molecule has 0 saturated heterocycles. The maximum absolute atomic E-state index is 5.37. The number of hydrogen-bond acceptors (Lipinski definition) is 3. The van der Waals surface area contributed by atoms with E-state index in [9.17, 15) is 0 Å². The lowest BCUT2D eigenvalue weighted by molar-refractivity contribution is 0.401. The van der Waals surface area contributed by atoms with Gasteiger partial charge in [-0.15, -0.1) is 0 Å².